The van der Waals surface area contributed by atoms with Gasteiger partial charge >= 0.3 is 0 Å². The van der Waals surface area contributed by atoms with Gasteiger partial charge in [-0.25, -0.2) is 0 Å². The summed E-state index contributed by atoms with van der Waals surface area (Å²) in [5.41, 5.74) is 3.95. The van der Waals surface area contributed by atoms with Crippen molar-refractivity contribution in [2.75, 3.05) is 32.1 Å². The van der Waals surface area contributed by atoms with E-state index in [0.29, 0.717) is 5.92 Å². The van der Waals surface area contributed by atoms with Crippen LogP contribution in [0.1, 0.15) is 17.0 Å². The monoisotopic (exact) mass is 224 g/mol. The summed E-state index contributed by atoms with van der Waals surface area (Å²) in [4.78, 5) is 2.30. The molecule has 0 radical (unpaired) electrons. The second-order valence-electron chi connectivity index (χ2n) is 4.25. The van der Waals surface area contributed by atoms with Crippen molar-refractivity contribution < 1.29 is 0 Å². The molecule has 0 amide bonds. The van der Waals surface area contributed by atoms with E-state index in [9.17, 15) is 0 Å². The van der Waals surface area contributed by atoms with Gasteiger partial charge in [0.1, 0.15) is 0 Å². The molecule has 1 N–H and O–H groups in total. The lowest BCUT2D eigenvalue weighted by molar-refractivity contribution is 0.654. The minimum absolute atomic E-state index is 0.589. The van der Waals surface area contributed by atoms with Crippen molar-refractivity contribution in [3.8, 4) is 0 Å². The molecule has 1 unspecified atom stereocenters. The smallest absolute Gasteiger partial charge is 0.0456 e. The summed E-state index contributed by atoms with van der Waals surface area (Å²) in [5.74, 6) is 0.589. The van der Waals surface area contributed by atoms with Gasteiger partial charge in [-0.1, -0.05) is 17.7 Å². The summed E-state index contributed by atoms with van der Waals surface area (Å²) in [7, 11) is 4.14. The molecule has 3 heteroatoms. The van der Waals surface area contributed by atoms with Crippen LogP contribution in [0.3, 0.4) is 0 Å². The third kappa shape index (κ3) is 1.72. The number of nitrogens with one attached hydrogen (secondary N) is 1. The van der Waals surface area contributed by atoms with Crippen LogP contribution >= 0.6 is 11.6 Å². The largest absolute Gasteiger partial charge is 0.373 e. The summed E-state index contributed by atoms with van der Waals surface area (Å²) in [6, 6.07) is 4.17. The molecule has 0 aliphatic carbocycles. The van der Waals surface area contributed by atoms with Crippen molar-refractivity contribution in [2.24, 2.45) is 0 Å². The van der Waals surface area contributed by atoms with Crippen LogP contribution < -0.4 is 10.2 Å². The molecule has 0 saturated carbocycles. The Bertz CT molecular complexity index is 376. The first kappa shape index (κ1) is 10.8. The SMILES string of the molecule is CNCC1CN(C)c2c1ccc(Cl)c2C. The van der Waals surface area contributed by atoms with E-state index in [1.807, 2.05) is 13.1 Å². The van der Waals surface area contributed by atoms with Crippen LogP contribution in [0.5, 0.6) is 0 Å². The van der Waals surface area contributed by atoms with Gasteiger partial charge in [0.15, 0.2) is 0 Å². The first-order chi connectivity index (χ1) is 7.15. The summed E-state index contributed by atoms with van der Waals surface area (Å²) >= 11 is 6.14. The standard InChI is InChI=1S/C12H17ClN2/c1-8-11(13)5-4-10-9(6-14-2)7-15(3)12(8)10/h4-5,9,14H,6-7H2,1-3H3. The van der Waals surface area contributed by atoms with Crippen molar-refractivity contribution in [3.63, 3.8) is 0 Å². The third-order valence-corrected chi connectivity index (χ3v) is 3.57. The second kappa shape index (κ2) is 4.03. The minimum Gasteiger partial charge on any atom is -0.373 e. The lowest BCUT2D eigenvalue weighted by atomic mass is 9.99. The van der Waals surface area contributed by atoms with Crippen LogP contribution in [0.15, 0.2) is 12.1 Å². The van der Waals surface area contributed by atoms with E-state index in [0.717, 1.165) is 18.1 Å². The van der Waals surface area contributed by atoms with Crippen LogP contribution in [0.2, 0.25) is 5.02 Å². The van der Waals surface area contributed by atoms with Crippen LogP contribution in [0.25, 0.3) is 0 Å². The Labute approximate surface area is 96.2 Å². The Morgan fingerprint density at radius 3 is 2.93 bits per heavy atom. The number of halogens is 1. The van der Waals surface area contributed by atoms with E-state index in [4.69, 9.17) is 11.6 Å². The van der Waals surface area contributed by atoms with Gasteiger partial charge in [0.25, 0.3) is 0 Å². The van der Waals surface area contributed by atoms with Gasteiger partial charge < -0.3 is 10.2 Å². The van der Waals surface area contributed by atoms with Crippen LogP contribution in [-0.2, 0) is 0 Å². The normalized spacial score (nSPS) is 19.5. The second-order valence-corrected chi connectivity index (χ2v) is 4.65. The maximum atomic E-state index is 6.14. The number of nitrogens with zero attached hydrogens (tertiary/aromatic N) is 1. The summed E-state index contributed by atoms with van der Waals surface area (Å²) in [5, 5.41) is 4.11. The van der Waals surface area contributed by atoms with Gasteiger partial charge in [-0.05, 0) is 31.2 Å². The van der Waals surface area contributed by atoms with Crippen molar-refractivity contribution in [3.05, 3.63) is 28.3 Å². The Morgan fingerprint density at radius 2 is 2.27 bits per heavy atom. The molecule has 1 heterocycles. The zero-order valence-corrected chi connectivity index (χ0v) is 10.2. The molecule has 1 aromatic rings. The molecule has 0 spiro atoms. The number of anilines is 1. The van der Waals surface area contributed by atoms with Crippen molar-refractivity contribution in [1.82, 2.24) is 5.32 Å². The average Bonchev–Trinajstić information content (AvgIpc) is 2.51. The van der Waals surface area contributed by atoms with E-state index in [1.54, 1.807) is 0 Å². The Hall–Kier alpha value is -0.730. The molecule has 1 aliphatic heterocycles. The predicted octanol–water partition coefficient (Wildman–Crippen LogP) is 2.40. The van der Waals surface area contributed by atoms with Gasteiger partial charge in [-0.3, -0.25) is 0 Å². The third-order valence-electron chi connectivity index (χ3n) is 3.16. The number of rotatable bonds is 2. The number of benzene rings is 1. The summed E-state index contributed by atoms with van der Waals surface area (Å²) < 4.78 is 0. The van der Waals surface area contributed by atoms with Crippen LogP contribution in [0.4, 0.5) is 5.69 Å². The zero-order chi connectivity index (χ0) is 11.0. The van der Waals surface area contributed by atoms with E-state index >= 15 is 0 Å². The molecular formula is C12H17ClN2. The minimum atomic E-state index is 0.589. The highest BCUT2D eigenvalue weighted by molar-refractivity contribution is 6.31. The molecule has 1 aromatic carbocycles. The van der Waals surface area contributed by atoms with Crippen molar-refractivity contribution >= 4 is 17.3 Å². The maximum Gasteiger partial charge on any atom is 0.0456 e. The molecule has 15 heavy (non-hydrogen) atoms. The molecule has 0 fully saturated rings. The van der Waals surface area contributed by atoms with Crippen LogP contribution in [-0.4, -0.2) is 27.2 Å². The highest BCUT2D eigenvalue weighted by Crippen LogP contribution is 2.39. The average molecular weight is 225 g/mol. The fourth-order valence-electron chi connectivity index (χ4n) is 2.47. The molecule has 1 aliphatic rings. The van der Waals surface area contributed by atoms with E-state index in [2.05, 4.69) is 30.3 Å². The van der Waals surface area contributed by atoms with Gasteiger partial charge in [0.2, 0.25) is 0 Å². The van der Waals surface area contributed by atoms with Gasteiger partial charge in [-0.15, -0.1) is 0 Å². The fourth-order valence-corrected chi connectivity index (χ4v) is 2.63. The lowest BCUT2D eigenvalue weighted by Gasteiger charge is -2.15. The highest BCUT2D eigenvalue weighted by atomic mass is 35.5. The first-order valence-electron chi connectivity index (χ1n) is 5.30. The summed E-state index contributed by atoms with van der Waals surface area (Å²) in [6.45, 7) is 4.20. The van der Waals surface area contributed by atoms with Gasteiger partial charge in [0, 0.05) is 36.8 Å². The van der Waals surface area contributed by atoms with E-state index in [-0.39, 0.29) is 0 Å². The predicted molar refractivity (Wildman–Crippen MR) is 66.1 cm³/mol. The number of likely N-dealkylation sites (N-methyl/N-ethyl adjacent to an activating group) is 2. The maximum absolute atomic E-state index is 6.14. The zero-order valence-electron chi connectivity index (χ0n) is 9.47. The Kier molecular flexibility index (Phi) is 2.89. The molecular weight excluding hydrogens is 208 g/mol. The Balaban J connectivity index is 2.45. The van der Waals surface area contributed by atoms with Crippen molar-refractivity contribution in [1.29, 1.82) is 0 Å². The molecule has 2 rings (SSSR count). The molecule has 0 bridgehead atoms. The molecule has 82 valence electrons. The molecule has 0 aromatic heterocycles. The topological polar surface area (TPSA) is 15.3 Å². The molecule has 2 nitrogen and oxygen atoms in total. The molecule has 0 saturated heterocycles. The number of fused-ring (bicyclic) bond motifs is 1. The van der Waals surface area contributed by atoms with E-state index < -0.39 is 0 Å². The van der Waals surface area contributed by atoms with E-state index in [1.165, 1.54) is 16.8 Å². The number of hydrogen-bond donors (Lipinski definition) is 1. The highest BCUT2D eigenvalue weighted by Gasteiger charge is 2.27. The Morgan fingerprint density at radius 1 is 1.53 bits per heavy atom. The van der Waals surface area contributed by atoms with Crippen LogP contribution in [0, 0.1) is 6.92 Å². The number of hydrogen-bond acceptors (Lipinski definition) is 2. The molecule has 1 atom stereocenters. The fraction of sp³-hybridized carbons (Fsp3) is 0.500. The quantitative estimate of drug-likeness (QED) is 0.830. The van der Waals surface area contributed by atoms with Gasteiger partial charge in [-0.2, -0.15) is 0 Å². The first-order valence-corrected chi connectivity index (χ1v) is 5.67. The summed E-state index contributed by atoms with van der Waals surface area (Å²) in [6.07, 6.45) is 0. The van der Waals surface area contributed by atoms with Crippen molar-refractivity contribution in [2.45, 2.75) is 12.8 Å². The van der Waals surface area contributed by atoms with Gasteiger partial charge in [0.05, 0.1) is 0 Å². The lowest BCUT2D eigenvalue weighted by Crippen LogP contribution is -2.22.